The molecule has 5 rings (SSSR count). The van der Waals surface area contributed by atoms with Gasteiger partial charge < -0.3 is 0 Å². The number of benzene rings is 2. The lowest BCUT2D eigenvalue weighted by Gasteiger charge is -2.11. The number of tetrazole rings is 1. The molecule has 0 atom stereocenters. The van der Waals surface area contributed by atoms with E-state index in [0.717, 1.165) is 24.6 Å². The minimum absolute atomic E-state index is 0.288. The highest BCUT2D eigenvalue weighted by Gasteiger charge is 2.28. The third-order valence-corrected chi connectivity index (χ3v) is 4.60. The van der Waals surface area contributed by atoms with E-state index in [1.807, 2.05) is 30.3 Å². The number of aromatic nitrogens is 6. The van der Waals surface area contributed by atoms with Crippen molar-refractivity contribution in [1.82, 2.24) is 30.2 Å². The molecule has 1 aliphatic carbocycles. The standard InChI is InChI=1S/C20H14F2N6/c21-14-8-13(9-15(22)10-14)18-17(11-23-19(24-18)12-6-7-12)20-25-26-27-28(20)16-4-2-1-3-5-16/h1-5,8-12H,6-7H2. The predicted molar refractivity (Wildman–Crippen MR) is 97.5 cm³/mol. The smallest absolute Gasteiger partial charge is 0.190 e. The Kier molecular flexibility index (Phi) is 3.89. The molecule has 2 aromatic heterocycles. The Morgan fingerprint density at radius 2 is 1.71 bits per heavy atom. The van der Waals surface area contributed by atoms with Gasteiger partial charge in [0, 0.05) is 23.7 Å². The zero-order valence-electron chi connectivity index (χ0n) is 14.6. The Labute approximate surface area is 158 Å². The molecule has 0 radical (unpaired) electrons. The van der Waals surface area contributed by atoms with Crippen molar-refractivity contribution in [2.75, 3.05) is 0 Å². The molecule has 0 unspecified atom stereocenters. The Morgan fingerprint density at radius 1 is 0.964 bits per heavy atom. The van der Waals surface area contributed by atoms with Crippen LogP contribution in [0.5, 0.6) is 0 Å². The summed E-state index contributed by atoms with van der Waals surface area (Å²) in [6.45, 7) is 0. The molecule has 4 aromatic rings. The van der Waals surface area contributed by atoms with E-state index in [-0.39, 0.29) is 5.92 Å². The van der Waals surface area contributed by atoms with Crippen LogP contribution in [0.15, 0.2) is 54.7 Å². The maximum atomic E-state index is 13.9. The van der Waals surface area contributed by atoms with E-state index in [9.17, 15) is 8.78 Å². The quantitative estimate of drug-likeness (QED) is 0.540. The van der Waals surface area contributed by atoms with Crippen LogP contribution in [0.2, 0.25) is 0 Å². The van der Waals surface area contributed by atoms with Gasteiger partial charge in [0.15, 0.2) is 5.82 Å². The molecule has 8 heteroatoms. The molecule has 6 nitrogen and oxygen atoms in total. The van der Waals surface area contributed by atoms with Crippen LogP contribution in [0, 0.1) is 11.6 Å². The summed E-state index contributed by atoms with van der Waals surface area (Å²) >= 11 is 0. The molecule has 0 amide bonds. The van der Waals surface area contributed by atoms with Gasteiger partial charge in [-0.2, -0.15) is 4.68 Å². The number of halogens is 2. The van der Waals surface area contributed by atoms with E-state index in [1.54, 1.807) is 10.9 Å². The van der Waals surface area contributed by atoms with Gasteiger partial charge in [0.2, 0.25) is 0 Å². The summed E-state index contributed by atoms with van der Waals surface area (Å²) in [6.07, 6.45) is 3.65. The average molecular weight is 376 g/mol. The zero-order chi connectivity index (χ0) is 19.1. The van der Waals surface area contributed by atoms with Gasteiger partial charge in [-0.15, -0.1) is 5.10 Å². The summed E-state index contributed by atoms with van der Waals surface area (Å²) in [5.74, 6) is 0.0112. The molecule has 138 valence electrons. The second-order valence-corrected chi connectivity index (χ2v) is 6.67. The van der Waals surface area contributed by atoms with Crippen LogP contribution in [0.25, 0.3) is 28.3 Å². The van der Waals surface area contributed by atoms with Crippen molar-refractivity contribution in [2.45, 2.75) is 18.8 Å². The highest BCUT2D eigenvalue weighted by atomic mass is 19.1. The fourth-order valence-corrected chi connectivity index (χ4v) is 3.11. The van der Waals surface area contributed by atoms with E-state index in [4.69, 9.17) is 0 Å². The number of hydrogen-bond donors (Lipinski definition) is 0. The topological polar surface area (TPSA) is 69.4 Å². The number of hydrogen-bond acceptors (Lipinski definition) is 5. The largest absolute Gasteiger partial charge is 0.240 e. The first-order chi connectivity index (χ1) is 13.7. The van der Waals surface area contributed by atoms with Gasteiger partial charge in [0.25, 0.3) is 0 Å². The van der Waals surface area contributed by atoms with Crippen molar-refractivity contribution in [2.24, 2.45) is 0 Å². The summed E-state index contributed by atoms with van der Waals surface area (Å²) in [5.41, 5.74) is 1.98. The maximum absolute atomic E-state index is 13.9. The monoisotopic (exact) mass is 376 g/mol. The van der Waals surface area contributed by atoms with Gasteiger partial charge in [0.05, 0.1) is 16.9 Å². The fraction of sp³-hybridized carbons (Fsp3) is 0.150. The lowest BCUT2D eigenvalue weighted by molar-refractivity contribution is 0.584. The molecule has 0 aliphatic heterocycles. The summed E-state index contributed by atoms with van der Waals surface area (Å²) in [7, 11) is 0. The molecule has 1 fully saturated rings. The highest BCUT2D eigenvalue weighted by molar-refractivity contribution is 5.77. The average Bonchev–Trinajstić information content (AvgIpc) is 3.44. The molecule has 0 spiro atoms. The molecular formula is C20H14F2N6. The lowest BCUT2D eigenvalue weighted by Crippen LogP contribution is -2.04. The molecule has 0 saturated heterocycles. The van der Waals surface area contributed by atoms with Crippen LogP contribution >= 0.6 is 0 Å². The Balaban J connectivity index is 1.72. The van der Waals surface area contributed by atoms with Gasteiger partial charge in [-0.1, -0.05) is 18.2 Å². The normalized spacial score (nSPS) is 13.6. The van der Waals surface area contributed by atoms with Gasteiger partial charge >= 0.3 is 0 Å². The molecule has 1 saturated carbocycles. The summed E-state index contributed by atoms with van der Waals surface area (Å²) in [6, 6.07) is 12.7. The molecule has 28 heavy (non-hydrogen) atoms. The first kappa shape index (κ1) is 16.6. The van der Waals surface area contributed by atoms with Crippen molar-refractivity contribution in [3.05, 3.63) is 72.2 Å². The van der Waals surface area contributed by atoms with Crippen LogP contribution in [-0.4, -0.2) is 30.2 Å². The number of nitrogens with zero attached hydrogens (tertiary/aromatic N) is 6. The van der Waals surface area contributed by atoms with Crippen LogP contribution < -0.4 is 0 Å². The third kappa shape index (κ3) is 3.02. The van der Waals surface area contributed by atoms with Crippen molar-refractivity contribution in [3.8, 4) is 28.3 Å². The van der Waals surface area contributed by atoms with Crippen LogP contribution in [0.3, 0.4) is 0 Å². The Morgan fingerprint density at radius 3 is 2.43 bits per heavy atom. The van der Waals surface area contributed by atoms with E-state index in [2.05, 4.69) is 25.5 Å². The minimum Gasteiger partial charge on any atom is -0.240 e. The van der Waals surface area contributed by atoms with Crippen molar-refractivity contribution < 1.29 is 8.78 Å². The van der Waals surface area contributed by atoms with Gasteiger partial charge in [-0.25, -0.2) is 18.7 Å². The van der Waals surface area contributed by atoms with Crippen molar-refractivity contribution in [3.63, 3.8) is 0 Å². The van der Waals surface area contributed by atoms with E-state index < -0.39 is 11.6 Å². The Bertz CT molecular complexity index is 1130. The van der Waals surface area contributed by atoms with E-state index >= 15 is 0 Å². The molecule has 0 bridgehead atoms. The molecule has 2 aromatic carbocycles. The second kappa shape index (κ2) is 6.56. The Hall–Kier alpha value is -3.55. The number of para-hydroxylation sites is 1. The fourth-order valence-electron chi connectivity index (χ4n) is 3.11. The summed E-state index contributed by atoms with van der Waals surface area (Å²) < 4.78 is 29.3. The highest BCUT2D eigenvalue weighted by Crippen LogP contribution is 2.40. The minimum atomic E-state index is -0.671. The van der Waals surface area contributed by atoms with Gasteiger partial charge in [-0.3, -0.25) is 0 Å². The first-order valence-corrected chi connectivity index (χ1v) is 8.86. The van der Waals surface area contributed by atoms with Crippen LogP contribution in [0.1, 0.15) is 24.6 Å². The van der Waals surface area contributed by atoms with E-state index in [0.29, 0.717) is 28.5 Å². The maximum Gasteiger partial charge on any atom is 0.190 e. The molecular weight excluding hydrogens is 362 g/mol. The predicted octanol–water partition coefficient (Wildman–Crippen LogP) is 3.94. The lowest BCUT2D eigenvalue weighted by atomic mass is 10.1. The second-order valence-electron chi connectivity index (χ2n) is 6.67. The molecule has 2 heterocycles. The zero-order valence-corrected chi connectivity index (χ0v) is 14.6. The van der Waals surface area contributed by atoms with E-state index in [1.165, 1.54) is 12.1 Å². The van der Waals surface area contributed by atoms with Gasteiger partial charge in [0.1, 0.15) is 17.5 Å². The molecule has 0 N–H and O–H groups in total. The van der Waals surface area contributed by atoms with Gasteiger partial charge in [-0.05, 0) is 47.5 Å². The third-order valence-electron chi connectivity index (χ3n) is 4.60. The summed E-state index contributed by atoms with van der Waals surface area (Å²) in [4.78, 5) is 9.08. The van der Waals surface area contributed by atoms with Crippen molar-refractivity contribution >= 4 is 0 Å². The number of rotatable bonds is 4. The van der Waals surface area contributed by atoms with Crippen molar-refractivity contribution in [1.29, 1.82) is 0 Å². The first-order valence-electron chi connectivity index (χ1n) is 8.86. The van der Waals surface area contributed by atoms with Crippen LogP contribution in [0.4, 0.5) is 8.78 Å². The summed E-state index contributed by atoms with van der Waals surface area (Å²) in [5, 5.41) is 11.9. The SMILES string of the molecule is Fc1cc(F)cc(-c2nc(C3CC3)ncc2-c2nnnn2-c2ccccc2)c1. The molecule has 1 aliphatic rings. The van der Waals surface area contributed by atoms with Crippen LogP contribution in [-0.2, 0) is 0 Å².